The lowest BCUT2D eigenvalue weighted by molar-refractivity contribution is -0.120. The van der Waals surface area contributed by atoms with Crippen molar-refractivity contribution in [3.63, 3.8) is 0 Å². The maximum atomic E-state index is 12.4. The number of carbonyl (C=O) groups excluding carboxylic acids is 1. The van der Waals surface area contributed by atoms with Gasteiger partial charge in [0.2, 0.25) is 5.91 Å². The molecule has 0 radical (unpaired) electrons. The fraction of sp³-hybridized carbons (Fsp3) is 0.333. The average molecular weight is 416 g/mol. The highest BCUT2D eigenvalue weighted by molar-refractivity contribution is 6.31. The third kappa shape index (κ3) is 3.08. The van der Waals surface area contributed by atoms with Crippen LogP contribution in [0.4, 0.5) is 0 Å². The van der Waals surface area contributed by atoms with E-state index in [1.54, 1.807) is 18.3 Å². The molecule has 5 rings (SSSR count). The number of aliphatic hydroxyl groups is 1. The van der Waals surface area contributed by atoms with Gasteiger partial charge in [0.05, 0.1) is 23.7 Å². The number of nitrogens with one attached hydrogen (secondary N) is 2. The quantitative estimate of drug-likeness (QED) is 0.605. The SMILES string of the molecule is O=C(Cc1ccc(Cl)cc1)N[C@@H]1[C@@H]2C[C@@](O)(c3cc(Cl)cc4[nH]ncc34)C[C@@H]21. The van der Waals surface area contributed by atoms with Gasteiger partial charge < -0.3 is 10.4 Å². The van der Waals surface area contributed by atoms with Crippen LogP contribution in [0, 0.1) is 11.8 Å². The maximum Gasteiger partial charge on any atom is 0.224 e. The van der Waals surface area contributed by atoms with Gasteiger partial charge in [-0.25, -0.2) is 0 Å². The second kappa shape index (κ2) is 6.48. The van der Waals surface area contributed by atoms with Crippen molar-refractivity contribution in [2.24, 2.45) is 11.8 Å². The number of nitrogens with zero attached hydrogens (tertiary/aromatic N) is 1. The third-order valence-corrected chi connectivity index (χ3v) is 6.58. The number of amides is 1. The number of fused-ring (bicyclic) bond motifs is 2. The van der Waals surface area contributed by atoms with E-state index in [0.29, 0.717) is 41.1 Å². The molecule has 2 aromatic carbocycles. The smallest absolute Gasteiger partial charge is 0.224 e. The zero-order valence-corrected chi connectivity index (χ0v) is 16.5. The molecular formula is C21H19Cl2N3O2. The van der Waals surface area contributed by atoms with E-state index in [2.05, 4.69) is 15.5 Å². The van der Waals surface area contributed by atoms with E-state index in [0.717, 1.165) is 22.0 Å². The van der Waals surface area contributed by atoms with Crippen LogP contribution in [0.5, 0.6) is 0 Å². The number of halogens is 2. The van der Waals surface area contributed by atoms with Crippen LogP contribution in [0.2, 0.25) is 10.0 Å². The summed E-state index contributed by atoms with van der Waals surface area (Å²) in [6.07, 6.45) is 3.30. The first-order valence-electron chi connectivity index (χ1n) is 9.32. The van der Waals surface area contributed by atoms with E-state index in [9.17, 15) is 9.90 Å². The van der Waals surface area contributed by atoms with E-state index in [1.165, 1.54) is 0 Å². The van der Waals surface area contributed by atoms with Crippen molar-refractivity contribution in [2.45, 2.75) is 30.9 Å². The molecule has 2 fully saturated rings. The molecule has 144 valence electrons. The molecule has 0 unspecified atom stereocenters. The number of benzene rings is 2. The summed E-state index contributed by atoms with van der Waals surface area (Å²) in [4.78, 5) is 12.4. The summed E-state index contributed by atoms with van der Waals surface area (Å²) in [6, 6.07) is 11.1. The Hall–Kier alpha value is -2.08. The number of H-pyrrole nitrogens is 1. The Bertz CT molecular complexity index is 1050. The Morgan fingerprint density at radius 1 is 1.18 bits per heavy atom. The van der Waals surface area contributed by atoms with E-state index in [1.807, 2.05) is 24.3 Å². The van der Waals surface area contributed by atoms with Gasteiger partial charge in [0.1, 0.15) is 0 Å². The number of hydrogen-bond donors (Lipinski definition) is 3. The van der Waals surface area contributed by atoms with Gasteiger partial charge in [-0.15, -0.1) is 0 Å². The minimum absolute atomic E-state index is 0.00485. The minimum Gasteiger partial charge on any atom is -0.385 e. The van der Waals surface area contributed by atoms with Crippen molar-refractivity contribution in [1.82, 2.24) is 15.5 Å². The van der Waals surface area contributed by atoms with Gasteiger partial charge in [-0.05, 0) is 60.1 Å². The highest BCUT2D eigenvalue weighted by Crippen LogP contribution is 2.60. The number of carbonyl (C=O) groups is 1. The lowest BCUT2D eigenvalue weighted by Gasteiger charge is -2.27. The van der Waals surface area contributed by atoms with Gasteiger partial charge in [0, 0.05) is 21.5 Å². The van der Waals surface area contributed by atoms with E-state index in [-0.39, 0.29) is 11.9 Å². The van der Waals surface area contributed by atoms with Crippen LogP contribution >= 0.6 is 23.2 Å². The largest absolute Gasteiger partial charge is 0.385 e. The van der Waals surface area contributed by atoms with Crippen LogP contribution in [-0.2, 0) is 16.8 Å². The van der Waals surface area contributed by atoms with Crippen LogP contribution in [0.3, 0.4) is 0 Å². The Labute approximate surface area is 172 Å². The number of rotatable bonds is 4. The lowest BCUT2D eigenvalue weighted by Crippen LogP contribution is -2.34. The second-order valence-corrected chi connectivity index (χ2v) is 8.82. The highest BCUT2D eigenvalue weighted by Gasteiger charge is 2.62. The van der Waals surface area contributed by atoms with Gasteiger partial charge in [0.25, 0.3) is 0 Å². The van der Waals surface area contributed by atoms with Gasteiger partial charge in [0.15, 0.2) is 0 Å². The van der Waals surface area contributed by atoms with Gasteiger partial charge in [-0.3, -0.25) is 9.89 Å². The number of aromatic amines is 1. The lowest BCUT2D eigenvalue weighted by atomic mass is 9.86. The molecule has 4 atom stereocenters. The molecule has 0 spiro atoms. The van der Waals surface area contributed by atoms with Crippen LogP contribution < -0.4 is 5.32 Å². The average Bonchev–Trinajstić information content (AvgIpc) is 3.03. The fourth-order valence-electron chi connectivity index (χ4n) is 4.72. The van der Waals surface area contributed by atoms with Crippen LogP contribution in [0.15, 0.2) is 42.6 Å². The minimum atomic E-state index is -0.931. The molecule has 28 heavy (non-hydrogen) atoms. The van der Waals surface area contributed by atoms with Crippen LogP contribution in [-0.4, -0.2) is 27.3 Å². The Morgan fingerprint density at radius 2 is 1.89 bits per heavy atom. The van der Waals surface area contributed by atoms with Gasteiger partial charge in [-0.2, -0.15) is 5.10 Å². The molecule has 3 N–H and O–H groups in total. The first kappa shape index (κ1) is 18.0. The number of aromatic nitrogens is 2. The van der Waals surface area contributed by atoms with Crippen molar-refractivity contribution >= 4 is 40.0 Å². The van der Waals surface area contributed by atoms with E-state index < -0.39 is 5.60 Å². The third-order valence-electron chi connectivity index (χ3n) is 6.11. The summed E-state index contributed by atoms with van der Waals surface area (Å²) in [5, 5.41) is 23.5. The van der Waals surface area contributed by atoms with E-state index >= 15 is 0 Å². The molecule has 0 bridgehead atoms. The summed E-state index contributed by atoms with van der Waals surface area (Å²) < 4.78 is 0. The monoisotopic (exact) mass is 415 g/mol. The zero-order valence-electron chi connectivity index (χ0n) is 15.0. The number of hydrogen-bond acceptors (Lipinski definition) is 3. The van der Waals surface area contributed by atoms with Crippen molar-refractivity contribution < 1.29 is 9.90 Å². The molecule has 3 aromatic rings. The second-order valence-electron chi connectivity index (χ2n) is 7.95. The van der Waals surface area contributed by atoms with Crippen molar-refractivity contribution in [3.05, 3.63) is 63.8 Å². The standard InChI is InChI=1S/C21H19Cl2N3O2/c22-12-3-1-11(2-4-12)5-19(27)25-20-14-8-21(28,9-15(14)20)17-6-13(23)7-18-16(17)10-24-26-18/h1-4,6-7,10,14-15,20,28H,5,8-9H2,(H,24,26)(H,25,27)/t14-,15+,20-,21+. The molecular weight excluding hydrogens is 397 g/mol. The Kier molecular flexibility index (Phi) is 4.16. The van der Waals surface area contributed by atoms with Crippen molar-refractivity contribution in [1.29, 1.82) is 0 Å². The van der Waals surface area contributed by atoms with Crippen LogP contribution in [0.25, 0.3) is 10.9 Å². The summed E-state index contributed by atoms with van der Waals surface area (Å²) in [5.74, 6) is 0.588. The molecule has 1 heterocycles. The van der Waals surface area contributed by atoms with Gasteiger partial charge in [-0.1, -0.05) is 35.3 Å². The Morgan fingerprint density at radius 3 is 2.61 bits per heavy atom. The summed E-state index contributed by atoms with van der Waals surface area (Å²) >= 11 is 12.1. The molecule has 2 aliphatic rings. The predicted octanol–water partition coefficient (Wildman–Crippen LogP) is 3.82. The molecule has 7 heteroatoms. The van der Waals surface area contributed by atoms with Crippen LogP contribution in [0.1, 0.15) is 24.0 Å². The molecule has 0 aliphatic heterocycles. The first-order chi connectivity index (χ1) is 13.4. The molecule has 1 aromatic heterocycles. The zero-order chi connectivity index (χ0) is 19.5. The first-order valence-corrected chi connectivity index (χ1v) is 10.1. The maximum absolute atomic E-state index is 12.4. The molecule has 2 saturated carbocycles. The highest BCUT2D eigenvalue weighted by atomic mass is 35.5. The summed E-state index contributed by atoms with van der Waals surface area (Å²) in [5.41, 5.74) is 1.65. The molecule has 0 saturated heterocycles. The summed E-state index contributed by atoms with van der Waals surface area (Å²) in [6.45, 7) is 0. The molecule has 5 nitrogen and oxygen atoms in total. The fourth-order valence-corrected chi connectivity index (χ4v) is 5.07. The topological polar surface area (TPSA) is 78.0 Å². The Balaban J connectivity index is 1.26. The molecule has 1 amide bonds. The van der Waals surface area contributed by atoms with E-state index in [4.69, 9.17) is 23.2 Å². The van der Waals surface area contributed by atoms with Crippen molar-refractivity contribution in [3.8, 4) is 0 Å². The predicted molar refractivity (Wildman–Crippen MR) is 108 cm³/mol. The normalized spacial score (nSPS) is 28.3. The summed E-state index contributed by atoms with van der Waals surface area (Å²) in [7, 11) is 0. The molecule has 2 aliphatic carbocycles. The van der Waals surface area contributed by atoms with Gasteiger partial charge >= 0.3 is 0 Å². The van der Waals surface area contributed by atoms with Crippen molar-refractivity contribution in [2.75, 3.05) is 0 Å².